The molecule has 1 aromatic carbocycles. The van der Waals surface area contributed by atoms with Gasteiger partial charge in [-0.15, -0.1) is 0 Å². The van der Waals surface area contributed by atoms with Crippen molar-refractivity contribution in [1.29, 1.82) is 5.26 Å². The summed E-state index contributed by atoms with van der Waals surface area (Å²) >= 11 is 0. The van der Waals surface area contributed by atoms with Crippen LogP contribution in [0.2, 0.25) is 0 Å². The Bertz CT molecular complexity index is 497. The van der Waals surface area contributed by atoms with Gasteiger partial charge in [-0.2, -0.15) is 5.26 Å². The molecule has 1 fully saturated rings. The maximum atomic E-state index is 12.2. The second-order valence-corrected chi connectivity index (χ2v) is 5.59. The molecule has 21 heavy (non-hydrogen) atoms. The second kappa shape index (κ2) is 7.68. The van der Waals surface area contributed by atoms with Crippen LogP contribution in [0.25, 0.3) is 0 Å². The Labute approximate surface area is 126 Å². The fourth-order valence-electron chi connectivity index (χ4n) is 2.61. The molecular formula is C17H22N2O2. The van der Waals surface area contributed by atoms with E-state index in [1.807, 2.05) is 0 Å². The van der Waals surface area contributed by atoms with Gasteiger partial charge < -0.3 is 10.1 Å². The van der Waals surface area contributed by atoms with Crippen LogP contribution in [0.1, 0.15) is 51.0 Å². The third-order valence-corrected chi connectivity index (χ3v) is 3.87. The molecule has 1 aromatic rings. The van der Waals surface area contributed by atoms with E-state index in [0.29, 0.717) is 11.3 Å². The molecule has 0 bridgehead atoms. The minimum absolute atomic E-state index is 0.0636. The van der Waals surface area contributed by atoms with E-state index in [1.165, 1.54) is 25.7 Å². The van der Waals surface area contributed by atoms with E-state index in [2.05, 4.69) is 11.4 Å². The zero-order valence-corrected chi connectivity index (χ0v) is 12.5. The van der Waals surface area contributed by atoms with Crippen molar-refractivity contribution in [3.63, 3.8) is 0 Å². The van der Waals surface area contributed by atoms with Crippen molar-refractivity contribution in [1.82, 2.24) is 5.32 Å². The standard InChI is InChI=1S/C17H22N2O2/c1-13(21-16-10-8-14(12-18)9-11-16)17(20)19-15-6-4-2-3-5-7-15/h8-11,13,15H,2-7H2,1H3,(H,19,20). The first-order valence-electron chi connectivity index (χ1n) is 7.66. The number of hydrogen-bond donors (Lipinski definition) is 1. The van der Waals surface area contributed by atoms with Gasteiger partial charge in [-0.05, 0) is 44.0 Å². The summed E-state index contributed by atoms with van der Waals surface area (Å²) in [6.45, 7) is 1.75. The molecule has 2 rings (SSSR count). The molecule has 1 aliphatic rings. The molecule has 1 saturated carbocycles. The lowest BCUT2D eigenvalue weighted by molar-refractivity contribution is -0.128. The molecule has 112 valence electrons. The number of rotatable bonds is 4. The molecule has 0 saturated heterocycles. The SMILES string of the molecule is CC(Oc1ccc(C#N)cc1)C(=O)NC1CCCCCC1. The summed E-state index contributed by atoms with van der Waals surface area (Å²) in [5.74, 6) is 0.545. The Morgan fingerprint density at radius 2 is 1.86 bits per heavy atom. The fourth-order valence-corrected chi connectivity index (χ4v) is 2.61. The molecule has 1 unspecified atom stereocenters. The number of ether oxygens (including phenoxy) is 1. The predicted octanol–water partition coefficient (Wildman–Crippen LogP) is 3.16. The topological polar surface area (TPSA) is 62.1 Å². The zero-order valence-electron chi connectivity index (χ0n) is 12.5. The van der Waals surface area contributed by atoms with Gasteiger partial charge in [0.05, 0.1) is 11.6 Å². The highest BCUT2D eigenvalue weighted by Crippen LogP contribution is 2.18. The zero-order chi connectivity index (χ0) is 15.1. The molecule has 0 aromatic heterocycles. The first-order chi connectivity index (χ1) is 10.2. The summed E-state index contributed by atoms with van der Waals surface area (Å²) in [7, 11) is 0. The van der Waals surface area contributed by atoms with Crippen molar-refractivity contribution < 1.29 is 9.53 Å². The number of nitrogens with zero attached hydrogens (tertiary/aromatic N) is 1. The molecular weight excluding hydrogens is 264 g/mol. The molecule has 4 nitrogen and oxygen atoms in total. The van der Waals surface area contributed by atoms with Crippen molar-refractivity contribution in [3.8, 4) is 11.8 Å². The molecule has 1 N–H and O–H groups in total. The van der Waals surface area contributed by atoms with Crippen LogP contribution in [0, 0.1) is 11.3 Å². The van der Waals surface area contributed by atoms with E-state index >= 15 is 0 Å². The van der Waals surface area contributed by atoms with Gasteiger partial charge in [-0.3, -0.25) is 4.79 Å². The molecule has 1 aliphatic carbocycles. The monoisotopic (exact) mass is 286 g/mol. The lowest BCUT2D eigenvalue weighted by atomic mass is 10.1. The second-order valence-electron chi connectivity index (χ2n) is 5.59. The first kappa shape index (κ1) is 15.4. The van der Waals surface area contributed by atoms with Gasteiger partial charge in [0.25, 0.3) is 5.91 Å². The number of amides is 1. The van der Waals surface area contributed by atoms with Gasteiger partial charge in [-0.1, -0.05) is 25.7 Å². The van der Waals surface area contributed by atoms with E-state index < -0.39 is 6.10 Å². The summed E-state index contributed by atoms with van der Waals surface area (Å²) < 4.78 is 5.63. The molecule has 4 heteroatoms. The Kier molecular flexibility index (Phi) is 5.62. The predicted molar refractivity (Wildman–Crippen MR) is 80.9 cm³/mol. The number of carbonyl (C=O) groups is 1. The molecule has 1 atom stereocenters. The smallest absolute Gasteiger partial charge is 0.260 e. The maximum Gasteiger partial charge on any atom is 0.260 e. The number of nitrogens with one attached hydrogen (secondary N) is 1. The Balaban J connectivity index is 1.85. The third kappa shape index (κ3) is 4.78. The Hall–Kier alpha value is -2.02. The van der Waals surface area contributed by atoms with Gasteiger partial charge in [-0.25, -0.2) is 0 Å². The minimum Gasteiger partial charge on any atom is -0.481 e. The van der Waals surface area contributed by atoms with Gasteiger partial charge in [0, 0.05) is 6.04 Å². The van der Waals surface area contributed by atoms with Crippen molar-refractivity contribution in [2.75, 3.05) is 0 Å². The summed E-state index contributed by atoms with van der Waals surface area (Å²) in [5.41, 5.74) is 0.581. The van der Waals surface area contributed by atoms with Crippen LogP contribution in [0.4, 0.5) is 0 Å². The fraction of sp³-hybridized carbons (Fsp3) is 0.529. The van der Waals surface area contributed by atoms with E-state index in [9.17, 15) is 4.79 Å². The van der Waals surface area contributed by atoms with Crippen molar-refractivity contribution in [3.05, 3.63) is 29.8 Å². The number of carbonyl (C=O) groups excluding carboxylic acids is 1. The minimum atomic E-state index is -0.527. The molecule has 0 heterocycles. The van der Waals surface area contributed by atoms with E-state index in [1.54, 1.807) is 31.2 Å². The van der Waals surface area contributed by atoms with Gasteiger partial charge in [0.15, 0.2) is 6.10 Å². The number of hydrogen-bond acceptors (Lipinski definition) is 3. The van der Waals surface area contributed by atoms with Crippen molar-refractivity contribution in [2.45, 2.75) is 57.6 Å². The summed E-state index contributed by atoms with van der Waals surface area (Å²) in [6, 6.07) is 9.14. The quantitative estimate of drug-likeness (QED) is 0.865. The van der Waals surface area contributed by atoms with E-state index in [-0.39, 0.29) is 11.9 Å². The van der Waals surface area contributed by atoms with Gasteiger partial charge in [0.2, 0.25) is 0 Å². The third-order valence-electron chi connectivity index (χ3n) is 3.87. The van der Waals surface area contributed by atoms with Crippen molar-refractivity contribution in [2.24, 2.45) is 0 Å². The van der Waals surface area contributed by atoms with Gasteiger partial charge >= 0.3 is 0 Å². The van der Waals surface area contributed by atoms with Crippen molar-refractivity contribution >= 4 is 5.91 Å². The summed E-state index contributed by atoms with van der Waals surface area (Å²) in [5, 5.41) is 11.8. The van der Waals surface area contributed by atoms with E-state index in [4.69, 9.17) is 10.00 Å². The van der Waals surface area contributed by atoms with Crippen LogP contribution in [-0.4, -0.2) is 18.1 Å². The highest BCUT2D eigenvalue weighted by Gasteiger charge is 2.20. The Morgan fingerprint density at radius 3 is 2.43 bits per heavy atom. The van der Waals surface area contributed by atoms with Crippen LogP contribution in [0.15, 0.2) is 24.3 Å². The van der Waals surface area contributed by atoms with E-state index in [0.717, 1.165) is 12.8 Å². The summed E-state index contributed by atoms with van der Waals surface area (Å²) in [4.78, 5) is 12.2. The largest absolute Gasteiger partial charge is 0.481 e. The molecule has 0 aliphatic heterocycles. The summed E-state index contributed by atoms with van der Waals surface area (Å²) in [6.07, 6.45) is 6.52. The number of nitriles is 1. The van der Waals surface area contributed by atoms with Crippen LogP contribution in [0.3, 0.4) is 0 Å². The molecule has 0 radical (unpaired) electrons. The van der Waals surface area contributed by atoms with Crippen LogP contribution >= 0.6 is 0 Å². The first-order valence-corrected chi connectivity index (χ1v) is 7.66. The number of benzene rings is 1. The van der Waals surface area contributed by atoms with Crippen LogP contribution < -0.4 is 10.1 Å². The average molecular weight is 286 g/mol. The Morgan fingerprint density at radius 1 is 1.24 bits per heavy atom. The molecule has 0 spiro atoms. The highest BCUT2D eigenvalue weighted by molar-refractivity contribution is 5.81. The van der Waals surface area contributed by atoms with Crippen LogP contribution in [0.5, 0.6) is 5.75 Å². The van der Waals surface area contributed by atoms with Crippen LogP contribution in [-0.2, 0) is 4.79 Å². The maximum absolute atomic E-state index is 12.2. The van der Waals surface area contributed by atoms with Gasteiger partial charge in [0.1, 0.15) is 5.75 Å². The average Bonchev–Trinajstić information content (AvgIpc) is 2.76. The normalized spacial score (nSPS) is 17.3. The molecule has 1 amide bonds. The lowest BCUT2D eigenvalue weighted by Crippen LogP contribution is -2.42. The lowest BCUT2D eigenvalue weighted by Gasteiger charge is -2.20. The highest BCUT2D eigenvalue weighted by atomic mass is 16.5.